The van der Waals surface area contributed by atoms with E-state index in [2.05, 4.69) is 57.5 Å². The summed E-state index contributed by atoms with van der Waals surface area (Å²) in [5.41, 5.74) is 6.03. The van der Waals surface area contributed by atoms with Crippen LogP contribution in [0.4, 0.5) is 0 Å². The molecule has 0 aliphatic carbocycles. The first kappa shape index (κ1) is 16.8. The van der Waals surface area contributed by atoms with Crippen molar-refractivity contribution in [2.24, 2.45) is 5.92 Å². The summed E-state index contributed by atoms with van der Waals surface area (Å²) in [5, 5.41) is 1.32. The topological polar surface area (TPSA) is 47.7 Å². The fraction of sp³-hybridized carbons (Fsp3) is 0.318. The van der Waals surface area contributed by atoms with Crippen molar-refractivity contribution in [2.75, 3.05) is 19.6 Å². The highest BCUT2D eigenvalue weighted by atomic mass is 35.5. The highest BCUT2D eigenvalue weighted by Crippen LogP contribution is 2.42. The van der Waals surface area contributed by atoms with Crippen LogP contribution in [0.25, 0.3) is 33.3 Å². The maximum Gasteiger partial charge on any atom is 0.138 e. The smallest absolute Gasteiger partial charge is 0.138 e. The predicted molar refractivity (Wildman–Crippen MR) is 113 cm³/mol. The molecule has 2 bridgehead atoms. The quantitative estimate of drug-likeness (QED) is 0.519. The molecule has 3 fully saturated rings. The molecule has 0 amide bonds. The van der Waals surface area contributed by atoms with E-state index in [0.29, 0.717) is 5.92 Å². The van der Waals surface area contributed by atoms with Crippen LogP contribution in [-0.2, 0) is 0 Å². The van der Waals surface area contributed by atoms with E-state index in [-0.39, 0.29) is 12.4 Å². The van der Waals surface area contributed by atoms with Crippen molar-refractivity contribution in [3.8, 4) is 11.4 Å². The second-order valence-electron chi connectivity index (χ2n) is 7.82. The summed E-state index contributed by atoms with van der Waals surface area (Å²) in [5.74, 6) is 2.41. The van der Waals surface area contributed by atoms with Gasteiger partial charge in [0.15, 0.2) is 0 Å². The number of hydrogen-bond donors (Lipinski definition) is 2. The number of nitrogens with one attached hydrogen (secondary N) is 2. The van der Waals surface area contributed by atoms with Gasteiger partial charge in [-0.05, 0) is 49.5 Å². The van der Waals surface area contributed by atoms with Crippen LogP contribution in [0.3, 0.4) is 0 Å². The third-order valence-electron chi connectivity index (χ3n) is 6.43. The number of H-pyrrole nitrogens is 2. The third-order valence-corrected chi connectivity index (χ3v) is 6.43. The summed E-state index contributed by atoms with van der Waals surface area (Å²) in [7, 11) is 0. The SMILES string of the molecule is Cl.c1ccc(-c2nc3c(ccc4[nH]cc(C5CN6CCC5CC6)c43)[nH]2)cc1. The molecule has 0 radical (unpaired) electrons. The summed E-state index contributed by atoms with van der Waals surface area (Å²) >= 11 is 0. The number of hydrogen-bond acceptors (Lipinski definition) is 2. The second-order valence-corrected chi connectivity index (χ2v) is 7.82. The molecular formula is C22H23ClN4. The van der Waals surface area contributed by atoms with Crippen molar-refractivity contribution >= 4 is 34.3 Å². The zero-order valence-corrected chi connectivity index (χ0v) is 15.9. The van der Waals surface area contributed by atoms with Crippen molar-refractivity contribution in [3.05, 3.63) is 54.2 Å². The van der Waals surface area contributed by atoms with Crippen LogP contribution < -0.4 is 0 Å². The van der Waals surface area contributed by atoms with Gasteiger partial charge in [-0.2, -0.15) is 0 Å². The Hall–Kier alpha value is -2.30. The first-order valence-corrected chi connectivity index (χ1v) is 9.64. The number of nitrogens with zero attached hydrogens (tertiary/aromatic N) is 2. The lowest BCUT2D eigenvalue weighted by atomic mass is 9.75. The monoisotopic (exact) mass is 378 g/mol. The van der Waals surface area contributed by atoms with Crippen molar-refractivity contribution in [1.82, 2.24) is 19.9 Å². The van der Waals surface area contributed by atoms with Gasteiger partial charge >= 0.3 is 0 Å². The largest absolute Gasteiger partial charge is 0.361 e. The molecule has 5 heterocycles. The van der Waals surface area contributed by atoms with E-state index in [1.165, 1.54) is 48.9 Å². The van der Waals surface area contributed by atoms with Gasteiger partial charge < -0.3 is 14.9 Å². The minimum atomic E-state index is 0. The van der Waals surface area contributed by atoms with Gasteiger partial charge in [-0.1, -0.05) is 30.3 Å². The minimum absolute atomic E-state index is 0. The normalized spacial score (nSPS) is 24.4. The highest BCUT2D eigenvalue weighted by Gasteiger charge is 2.36. The lowest BCUT2D eigenvalue weighted by Crippen LogP contribution is -2.46. The van der Waals surface area contributed by atoms with Gasteiger partial charge in [0, 0.05) is 35.1 Å². The predicted octanol–water partition coefficient (Wildman–Crippen LogP) is 4.94. The molecule has 3 aliphatic rings. The Bertz CT molecular complexity index is 1090. The van der Waals surface area contributed by atoms with Crippen molar-refractivity contribution in [2.45, 2.75) is 18.8 Å². The minimum Gasteiger partial charge on any atom is -0.361 e. The Labute approximate surface area is 164 Å². The number of rotatable bonds is 2. The number of imidazole rings is 1. The van der Waals surface area contributed by atoms with Crippen molar-refractivity contribution in [3.63, 3.8) is 0 Å². The average Bonchev–Trinajstić information content (AvgIpc) is 3.33. The molecule has 4 nitrogen and oxygen atoms in total. The standard InChI is InChI=1S/C22H22N4.ClH/c1-2-4-15(5-3-1)22-24-19-7-6-18-20(21(19)25-22)16(12-23-18)17-13-26-10-8-14(17)9-11-26;/h1-7,12,14,17,23H,8-11,13H2,(H,24,25);1H. The van der Waals surface area contributed by atoms with Crippen LogP contribution in [0.1, 0.15) is 24.3 Å². The average molecular weight is 379 g/mol. The molecule has 2 aromatic carbocycles. The number of aromatic amines is 2. The zero-order chi connectivity index (χ0) is 17.1. The molecule has 5 heteroatoms. The Kier molecular flexibility index (Phi) is 3.99. The molecule has 7 rings (SSSR count). The van der Waals surface area contributed by atoms with Gasteiger partial charge in [-0.15, -0.1) is 12.4 Å². The second kappa shape index (κ2) is 6.39. The van der Waals surface area contributed by atoms with Gasteiger partial charge in [0.1, 0.15) is 5.82 Å². The van der Waals surface area contributed by atoms with Crippen LogP contribution in [0.15, 0.2) is 48.7 Å². The molecule has 0 spiro atoms. The Morgan fingerprint density at radius 1 is 0.963 bits per heavy atom. The summed E-state index contributed by atoms with van der Waals surface area (Å²) in [6.45, 7) is 3.75. The molecule has 1 atom stereocenters. The first-order chi connectivity index (χ1) is 12.9. The molecule has 3 saturated heterocycles. The fourth-order valence-corrected chi connectivity index (χ4v) is 5.06. The molecule has 27 heavy (non-hydrogen) atoms. The van der Waals surface area contributed by atoms with E-state index in [9.17, 15) is 0 Å². The number of fused-ring (bicyclic) bond motifs is 6. The van der Waals surface area contributed by atoms with Crippen LogP contribution in [-0.4, -0.2) is 39.5 Å². The van der Waals surface area contributed by atoms with Gasteiger partial charge in [0.2, 0.25) is 0 Å². The summed E-state index contributed by atoms with van der Waals surface area (Å²) < 4.78 is 0. The molecular weight excluding hydrogens is 356 g/mol. The molecule has 3 aliphatic heterocycles. The van der Waals surface area contributed by atoms with Crippen LogP contribution in [0, 0.1) is 5.92 Å². The van der Waals surface area contributed by atoms with E-state index < -0.39 is 0 Å². The molecule has 2 N–H and O–H groups in total. The van der Waals surface area contributed by atoms with Gasteiger partial charge in [0.25, 0.3) is 0 Å². The maximum absolute atomic E-state index is 5.01. The Morgan fingerprint density at radius 3 is 2.48 bits per heavy atom. The first-order valence-electron chi connectivity index (χ1n) is 9.64. The fourth-order valence-electron chi connectivity index (χ4n) is 5.06. The Morgan fingerprint density at radius 2 is 1.74 bits per heavy atom. The molecule has 0 saturated carbocycles. The van der Waals surface area contributed by atoms with Crippen molar-refractivity contribution < 1.29 is 0 Å². The summed E-state index contributed by atoms with van der Waals surface area (Å²) in [6, 6.07) is 14.7. The lowest BCUT2D eigenvalue weighted by molar-refractivity contribution is 0.0877. The van der Waals surface area contributed by atoms with E-state index in [1.807, 2.05) is 6.07 Å². The van der Waals surface area contributed by atoms with E-state index in [4.69, 9.17) is 4.98 Å². The van der Waals surface area contributed by atoms with Crippen LogP contribution >= 0.6 is 12.4 Å². The van der Waals surface area contributed by atoms with Gasteiger partial charge in [0.05, 0.1) is 11.0 Å². The van der Waals surface area contributed by atoms with Gasteiger partial charge in [-0.3, -0.25) is 0 Å². The summed E-state index contributed by atoms with van der Waals surface area (Å²) in [6.07, 6.45) is 4.92. The van der Waals surface area contributed by atoms with Crippen molar-refractivity contribution in [1.29, 1.82) is 0 Å². The summed E-state index contributed by atoms with van der Waals surface area (Å²) in [4.78, 5) is 14.7. The molecule has 2 aromatic heterocycles. The van der Waals surface area contributed by atoms with E-state index in [0.717, 1.165) is 28.3 Å². The van der Waals surface area contributed by atoms with E-state index >= 15 is 0 Å². The number of benzene rings is 2. The lowest BCUT2D eigenvalue weighted by Gasteiger charge is -2.44. The van der Waals surface area contributed by atoms with Crippen LogP contribution in [0.2, 0.25) is 0 Å². The van der Waals surface area contributed by atoms with Gasteiger partial charge in [-0.25, -0.2) is 4.98 Å². The molecule has 4 aromatic rings. The Balaban J connectivity index is 0.00000160. The molecule has 138 valence electrons. The number of piperidine rings is 3. The third kappa shape index (κ3) is 2.59. The molecule has 1 unspecified atom stereocenters. The van der Waals surface area contributed by atoms with Crippen LogP contribution in [0.5, 0.6) is 0 Å². The highest BCUT2D eigenvalue weighted by molar-refractivity contribution is 6.06. The van der Waals surface area contributed by atoms with E-state index in [1.54, 1.807) is 0 Å². The number of aromatic nitrogens is 3. The number of halogens is 1. The maximum atomic E-state index is 5.01. The zero-order valence-electron chi connectivity index (χ0n) is 15.1.